The molecule has 1 heterocycles. The summed E-state index contributed by atoms with van der Waals surface area (Å²) in [6, 6.07) is 6.76. The average Bonchev–Trinajstić information content (AvgIpc) is 2.88. The molecule has 0 aliphatic carbocycles. The average molecular weight is 298 g/mol. The molecule has 0 saturated heterocycles. The highest BCUT2D eigenvalue weighted by atomic mass is 35.5. The van der Waals surface area contributed by atoms with Crippen LogP contribution in [0.4, 0.5) is 4.39 Å². The van der Waals surface area contributed by atoms with Gasteiger partial charge in [-0.05, 0) is 24.3 Å². The molecule has 5 nitrogen and oxygen atoms in total. The number of furan rings is 1. The number of halogens is 2. The van der Waals surface area contributed by atoms with Gasteiger partial charge in [0.15, 0.2) is 5.82 Å². The highest BCUT2D eigenvalue weighted by Gasteiger charge is 2.15. The quantitative estimate of drug-likeness (QED) is 0.909. The molecule has 20 heavy (non-hydrogen) atoms. The number of carboxylic acid groups (broad SMARTS) is 1. The zero-order valence-corrected chi connectivity index (χ0v) is 10.8. The third-order valence-corrected chi connectivity index (χ3v) is 2.78. The van der Waals surface area contributed by atoms with Crippen LogP contribution in [0.1, 0.15) is 26.7 Å². The Hall–Kier alpha value is -2.34. The minimum absolute atomic E-state index is 0.0575. The van der Waals surface area contributed by atoms with E-state index in [9.17, 15) is 14.0 Å². The first-order valence-electron chi connectivity index (χ1n) is 5.53. The van der Waals surface area contributed by atoms with Crippen molar-refractivity contribution in [3.63, 3.8) is 0 Å². The summed E-state index contributed by atoms with van der Waals surface area (Å²) >= 11 is 5.57. The standard InChI is InChI=1S/C13H9ClFNO4/c14-9-3-1-2-8(11(9)15)12(17)16-6-7-4-5-10(20-7)13(18)19/h1-5H,6H2,(H,16,17)(H,18,19). The Bertz CT molecular complexity index is 668. The van der Waals surface area contributed by atoms with Gasteiger partial charge in [-0.1, -0.05) is 17.7 Å². The lowest BCUT2D eigenvalue weighted by molar-refractivity contribution is 0.0660. The number of nitrogens with one attached hydrogen (secondary N) is 1. The van der Waals surface area contributed by atoms with Crippen molar-refractivity contribution in [2.24, 2.45) is 0 Å². The summed E-state index contributed by atoms with van der Waals surface area (Å²) in [6.07, 6.45) is 0. The summed E-state index contributed by atoms with van der Waals surface area (Å²) in [6.45, 7) is -0.0575. The van der Waals surface area contributed by atoms with E-state index in [4.69, 9.17) is 21.1 Å². The predicted octanol–water partition coefficient (Wildman–Crippen LogP) is 2.70. The maximum atomic E-state index is 13.6. The maximum absolute atomic E-state index is 13.6. The van der Waals surface area contributed by atoms with E-state index >= 15 is 0 Å². The number of hydrogen-bond acceptors (Lipinski definition) is 3. The van der Waals surface area contributed by atoms with E-state index in [0.29, 0.717) is 0 Å². The minimum atomic E-state index is -1.21. The molecule has 0 saturated carbocycles. The first-order chi connectivity index (χ1) is 9.49. The number of hydrogen-bond donors (Lipinski definition) is 2. The Morgan fingerprint density at radius 2 is 2.05 bits per heavy atom. The van der Waals surface area contributed by atoms with Crippen LogP contribution >= 0.6 is 11.6 Å². The highest BCUT2D eigenvalue weighted by molar-refractivity contribution is 6.31. The molecule has 0 aliphatic heterocycles. The van der Waals surface area contributed by atoms with Gasteiger partial charge in [0.25, 0.3) is 5.91 Å². The van der Waals surface area contributed by atoms with Gasteiger partial charge in [0.05, 0.1) is 17.1 Å². The molecule has 2 rings (SSSR count). The summed E-state index contributed by atoms with van der Waals surface area (Å²) < 4.78 is 18.5. The Labute approximate surface area is 118 Å². The lowest BCUT2D eigenvalue weighted by Gasteiger charge is -2.05. The van der Waals surface area contributed by atoms with Crippen molar-refractivity contribution in [3.8, 4) is 0 Å². The number of carbonyl (C=O) groups excluding carboxylic acids is 1. The molecule has 0 atom stereocenters. The fourth-order valence-corrected chi connectivity index (χ4v) is 1.70. The van der Waals surface area contributed by atoms with E-state index in [-0.39, 0.29) is 28.7 Å². The number of carbonyl (C=O) groups is 2. The molecule has 0 aliphatic rings. The predicted molar refractivity (Wildman–Crippen MR) is 68.2 cm³/mol. The van der Waals surface area contributed by atoms with Crippen molar-refractivity contribution in [2.45, 2.75) is 6.54 Å². The molecule has 0 fully saturated rings. The van der Waals surface area contributed by atoms with Crippen LogP contribution in [0.3, 0.4) is 0 Å². The second-order valence-electron chi connectivity index (χ2n) is 3.86. The number of benzene rings is 1. The van der Waals surface area contributed by atoms with Gasteiger partial charge in [0.2, 0.25) is 5.76 Å². The first kappa shape index (κ1) is 14.1. The number of carboxylic acids is 1. The van der Waals surface area contributed by atoms with Crippen LogP contribution in [0.2, 0.25) is 5.02 Å². The molecule has 104 valence electrons. The molecular weight excluding hydrogens is 289 g/mol. The minimum Gasteiger partial charge on any atom is -0.475 e. The summed E-state index contributed by atoms with van der Waals surface area (Å²) in [4.78, 5) is 22.4. The molecule has 0 bridgehead atoms. The molecule has 1 aromatic heterocycles. The van der Waals surface area contributed by atoms with Crippen LogP contribution in [-0.4, -0.2) is 17.0 Å². The van der Waals surface area contributed by atoms with E-state index in [1.165, 1.54) is 30.3 Å². The van der Waals surface area contributed by atoms with E-state index in [1.807, 2.05) is 0 Å². The molecule has 7 heteroatoms. The first-order valence-corrected chi connectivity index (χ1v) is 5.91. The van der Waals surface area contributed by atoms with Crippen LogP contribution < -0.4 is 5.32 Å². The van der Waals surface area contributed by atoms with Crippen molar-refractivity contribution in [1.29, 1.82) is 0 Å². The SMILES string of the molecule is O=C(O)c1ccc(CNC(=O)c2cccc(Cl)c2F)o1. The highest BCUT2D eigenvalue weighted by Crippen LogP contribution is 2.17. The van der Waals surface area contributed by atoms with Crippen LogP contribution in [0.25, 0.3) is 0 Å². The lowest BCUT2D eigenvalue weighted by atomic mass is 10.2. The van der Waals surface area contributed by atoms with Gasteiger partial charge in [-0.25, -0.2) is 9.18 Å². The van der Waals surface area contributed by atoms with E-state index in [1.54, 1.807) is 0 Å². The van der Waals surface area contributed by atoms with Crippen LogP contribution in [-0.2, 0) is 6.54 Å². The summed E-state index contributed by atoms with van der Waals surface area (Å²) in [5.74, 6) is -2.67. The van der Waals surface area contributed by atoms with Gasteiger partial charge >= 0.3 is 5.97 Å². The van der Waals surface area contributed by atoms with Crippen molar-refractivity contribution in [2.75, 3.05) is 0 Å². The Morgan fingerprint density at radius 3 is 2.70 bits per heavy atom. The Kier molecular flexibility index (Phi) is 4.05. The molecule has 0 spiro atoms. The fourth-order valence-electron chi connectivity index (χ4n) is 1.53. The molecule has 0 unspecified atom stereocenters. The zero-order valence-electron chi connectivity index (χ0n) is 10.0. The van der Waals surface area contributed by atoms with Gasteiger partial charge in [0.1, 0.15) is 5.76 Å². The monoisotopic (exact) mass is 297 g/mol. The number of rotatable bonds is 4. The van der Waals surface area contributed by atoms with Gasteiger partial charge in [-0.3, -0.25) is 4.79 Å². The smallest absolute Gasteiger partial charge is 0.371 e. The Morgan fingerprint density at radius 1 is 1.30 bits per heavy atom. The summed E-state index contributed by atoms with van der Waals surface area (Å²) in [5, 5.41) is 10.9. The van der Waals surface area contributed by atoms with Crippen LogP contribution in [0.15, 0.2) is 34.7 Å². The normalized spacial score (nSPS) is 10.3. The third kappa shape index (κ3) is 2.97. The summed E-state index contributed by atoms with van der Waals surface area (Å²) in [7, 11) is 0. The van der Waals surface area contributed by atoms with Crippen molar-refractivity contribution < 1.29 is 23.5 Å². The molecule has 2 N–H and O–H groups in total. The Balaban J connectivity index is 2.05. The second-order valence-corrected chi connectivity index (χ2v) is 4.26. The molecule has 1 aromatic carbocycles. The van der Waals surface area contributed by atoms with Gasteiger partial charge < -0.3 is 14.8 Å². The van der Waals surface area contributed by atoms with Crippen LogP contribution in [0.5, 0.6) is 0 Å². The van der Waals surface area contributed by atoms with Gasteiger partial charge in [-0.15, -0.1) is 0 Å². The van der Waals surface area contributed by atoms with Crippen molar-refractivity contribution in [1.82, 2.24) is 5.32 Å². The van der Waals surface area contributed by atoms with Crippen molar-refractivity contribution in [3.05, 3.63) is 58.3 Å². The second kappa shape index (κ2) is 5.75. The molecule has 0 radical (unpaired) electrons. The van der Waals surface area contributed by atoms with E-state index in [2.05, 4.69) is 5.32 Å². The molecular formula is C13H9ClFNO4. The molecule has 2 aromatic rings. The van der Waals surface area contributed by atoms with E-state index < -0.39 is 17.7 Å². The van der Waals surface area contributed by atoms with Crippen LogP contribution in [0, 0.1) is 5.82 Å². The van der Waals surface area contributed by atoms with Crippen molar-refractivity contribution >= 4 is 23.5 Å². The van der Waals surface area contributed by atoms with Gasteiger partial charge in [-0.2, -0.15) is 0 Å². The van der Waals surface area contributed by atoms with E-state index in [0.717, 1.165) is 0 Å². The largest absolute Gasteiger partial charge is 0.475 e. The summed E-state index contributed by atoms with van der Waals surface area (Å²) in [5.41, 5.74) is -0.192. The molecule has 1 amide bonds. The topological polar surface area (TPSA) is 79.5 Å². The maximum Gasteiger partial charge on any atom is 0.371 e. The third-order valence-electron chi connectivity index (χ3n) is 2.49. The number of amides is 1. The van der Waals surface area contributed by atoms with Gasteiger partial charge in [0, 0.05) is 0 Å². The lowest BCUT2D eigenvalue weighted by Crippen LogP contribution is -2.23. The zero-order chi connectivity index (χ0) is 14.7. The fraction of sp³-hybridized carbons (Fsp3) is 0.0769. The number of aromatic carboxylic acids is 1.